The Morgan fingerprint density at radius 1 is 1.56 bits per heavy atom. The number of carbonyl (C=O) groups excluding carboxylic acids is 1. The van der Waals surface area contributed by atoms with Crippen LogP contribution < -0.4 is 10.1 Å². The molecule has 1 aliphatic heterocycles. The van der Waals surface area contributed by atoms with Crippen LogP contribution in [0, 0.1) is 0 Å². The number of rotatable bonds is 2. The number of carbonyl (C=O) groups is 1. The first-order valence-corrected chi connectivity index (χ1v) is 6.36. The van der Waals surface area contributed by atoms with Crippen LogP contribution in [0.2, 0.25) is 5.02 Å². The Labute approximate surface area is 112 Å². The topological polar surface area (TPSA) is 41.6 Å². The Kier molecular flexibility index (Phi) is 4.09. The number of hydrogen-bond donors (Lipinski definition) is 1. The smallest absolute Gasteiger partial charge is 0.258 e. The van der Waals surface area contributed by atoms with Gasteiger partial charge in [0.25, 0.3) is 5.91 Å². The molecule has 98 valence electrons. The number of benzene rings is 1. The fourth-order valence-electron chi connectivity index (χ4n) is 2.14. The molecule has 0 radical (unpaired) electrons. The fourth-order valence-corrected chi connectivity index (χ4v) is 2.32. The van der Waals surface area contributed by atoms with Gasteiger partial charge in [-0.05, 0) is 25.1 Å². The third-order valence-corrected chi connectivity index (χ3v) is 3.39. The fraction of sp³-hybridized carbons (Fsp3) is 0.462. The summed E-state index contributed by atoms with van der Waals surface area (Å²) in [6.07, 6.45) is 0. The number of nitrogens with one attached hydrogen (secondary N) is 1. The minimum absolute atomic E-state index is 0.0247. The van der Waals surface area contributed by atoms with Crippen molar-refractivity contribution in [2.24, 2.45) is 0 Å². The van der Waals surface area contributed by atoms with Crippen LogP contribution in [0.3, 0.4) is 0 Å². The van der Waals surface area contributed by atoms with Gasteiger partial charge in [0.15, 0.2) is 0 Å². The molecule has 5 heteroatoms. The van der Waals surface area contributed by atoms with Gasteiger partial charge in [0.05, 0.1) is 12.7 Å². The molecule has 1 heterocycles. The summed E-state index contributed by atoms with van der Waals surface area (Å²) < 4.78 is 5.23. The van der Waals surface area contributed by atoms with Gasteiger partial charge in [-0.3, -0.25) is 4.79 Å². The van der Waals surface area contributed by atoms with E-state index in [2.05, 4.69) is 5.32 Å². The van der Waals surface area contributed by atoms with Gasteiger partial charge in [-0.2, -0.15) is 0 Å². The van der Waals surface area contributed by atoms with Crippen molar-refractivity contribution < 1.29 is 9.53 Å². The highest BCUT2D eigenvalue weighted by Gasteiger charge is 2.26. The first-order chi connectivity index (χ1) is 8.63. The first-order valence-electron chi connectivity index (χ1n) is 5.98. The largest absolute Gasteiger partial charge is 0.496 e. The van der Waals surface area contributed by atoms with Crippen molar-refractivity contribution in [3.05, 3.63) is 28.8 Å². The molecule has 1 aliphatic rings. The maximum atomic E-state index is 12.5. The number of nitrogens with zero attached hydrogens (tertiary/aromatic N) is 1. The Morgan fingerprint density at radius 2 is 2.33 bits per heavy atom. The van der Waals surface area contributed by atoms with Crippen LogP contribution >= 0.6 is 11.6 Å². The van der Waals surface area contributed by atoms with E-state index >= 15 is 0 Å². The van der Waals surface area contributed by atoms with E-state index in [0.29, 0.717) is 22.9 Å². The SMILES string of the molecule is COc1ccc(Cl)cc1C(=O)N1CCNC[C@@H]1C. The number of ether oxygens (including phenoxy) is 1. The van der Waals surface area contributed by atoms with Gasteiger partial charge in [-0.25, -0.2) is 0 Å². The summed E-state index contributed by atoms with van der Waals surface area (Å²) in [5, 5.41) is 3.80. The van der Waals surface area contributed by atoms with Crippen LogP contribution in [0.25, 0.3) is 0 Å². The average molecular weight is 269 g/mol. The molecule has 0 aliphatic carbocycles. The minimum Gasteiger partial charge on any atom is -0.496 e. The highest BCUT2D eigenvalue weighted by Crippen LogP contribution is 2.25. The Balaban J connectivity index is 2.29. The molecule has 1 N–H and O–H groups in total. The van der Waals surface area contributed by atoms with Crippen LogP contribution in [0.1, 0.15) is 17.3 Å². The van der Waals surface area contributed by atoms with Crippen molar-refractivity contribution in [3.8, 4) is 5.75 Å². The van der Waals surface area contributed by atoms with Crippen molar-refractivity contribution in [3.63, 3.8) is 0 Å². The van der Waals surface area contributed by atoms with E-state index in [0.717, 1.165) is 13.1 Å². The summed E-state index contributed by atoms with van der Waals surface area (Å²) in [6, 6.07) is 5.29. The molecule has 2 rings (SSSR count). The first kappa shape index (κ1) is 13.2. The van der Waals surface area contributed by atoms with E-state index in [1.54, 1.807) is 25.3 Å². The predicted molar refractivity (Wildman–Crippen MR) is 71.4 cm³/mol. The molecule has 0 spiro atoms. The van der Waals surface area contributed by atoms with E-state index in [1.807, 2.05) is 11.8 Å². The number of piperazine rings is 1. The zero-order valence-corrected chi connectivity index (χ0v) is 11.3. The predicted octanol–water partition coefficient (Wildman–Crippen LogP) is 1.78. The summed E-state index contributed by atoms with van der Waals surface area (Å²) in [4.78, 5) is 14.4. The summed E-state index contributed by atoms with van der Waals surface area (Å²) in [5.74, 6) is 0.540. The third-order valence-electron chi connectivity index (χ3n) is 3.15. The van der Waals surface area contributed by atoms with Gasteiger partial charge < -0.3 is 15.0 Å². The molecule has 1 atom stereocenters. The zero-order valence-electron chi connectivity index (χ0n) is 10.6. The molecular formula is C13H17ClN2O2. The van der Waals surface area contributed by atoms with Gasteiger partial charge in [0, 0.05) is 30.7 Å². The second kappa shape index (κ2) is 5.59. The summed E-state index contributed by atoms with van der Waals surface area (Å²) in [7, 11) is 1.56. The van der Waals surface area contributed by atoms with Crippen molar-refractivity contribution in [1.29, 1.82) is 0 Å². The van der Waals surface area contributed by atoms with Gasteiger partial charge in [0.2, 0.25) is 0 Å². The summed E-state index contributed by atoms with van der Waals surface area (Å²) in [5.41, 5.74) is 0.527. The van der Waals surface area contributed by atoms with Gasteiger partial charge in [-0.15, -0.1) is 0 Å². The Hall–Kier alpha value is -1.26. The molecule has 0 unspecified atom stereocenters. The number of methoxy groups -OCH3 is 1. The summed E-state index contributed by atoms with van der Waals surface area (Å²) in [6.45, 7) is 4.37. The standard InChI is InChI=1S/C13H17ClN2O2/c1-9-8-15-5-6-16(9)13(17)11-7-10(14)3-4-12(11)18-2/h3-4,7,9,15H,5-6,8H2,1-2H3/t9-/m0/s1. The number of amides is 1. The van der Waals surface area contributed by atoms with Gasteiger partial charge in [-0.1, -0.05) is 11.6 Å². The monoisotopic (exact) mass is 268 g/mol. The summed E-state index contributed by atoms with van der Waals surface area (Å²) >= 11 is 5.95. The zero-order chi connectivity index (χ0) is 13.1. The Bertz CT molecular complexity index is 451. The second-order valence-corrected chi connectivity index (χ2v) is 4.83. The maximum Gasteiger partial charge on any atom is 0.258 e. The number of halogens is 1. The van der Waals surface area contributed by atoms with Crippen molar-refractivity contribution in [1.82, 2.24) is 10.2 Å². The number of hydrogen-bond acceptors (Lipinski definition) is 3. The molecule has 18 heavy (non-hydrogen) atoms. The van der Waals surface area contributed by atoms with E-state index in [-0.39, 0.29) is 11.9 Å². The molecule has 1 aromatic rings. The van der Waals surface area contributed by atoms with Gasteiger partial charge >= 0.3 is 0 Å². The van der Waals surface area contributed by atoms with Crippen LogP contribution in [0.15, 0.2) is 18.2 Å². The molecule has 1 saturated heterocycles. The lowest BCUT2D eigenvalue weighted by Gasteiger charge is -2.34. The molecule has 4 nitrogen and oxygen atoms in total. The quantitative estimate of drug-likeness (QED) is 0.889. The van der Waals surface area contributed by atoms with Gasteiger partial charge in [0.1, 0.15) is 5.75 Å². The molecule has 0 saturated carbocycles. The van der Waals surface area contributed by atoms with Crippen molar-refractivity contribution in [2.45, 2.75) is 13.0 Å². The van der Waals surface area contributed by atoms with Crippen LogP contribution in [-0.2, 0) is 0 Å². The van der Waals surface area contributed by atoms with Crippen molar-refractivity contribution in [2.75, 3.05) is 26.7 Å². The van der Waals surface area contributed by atoms with E-state index in [9.17, 15) is 4.79 Å². The molecular weight excluding hydrogens is 252 g/mol. The molecule has 0 aromatic heterocycles. The molecule has 1 amide bonds. The average Bonchev–Trinajstić information content (AvgIpc) is 2.38. The van der Waals surface area contributed by atoms with E-state index in [1.165, 1.54) is 0 Å². The second-order valence-electron chi connectivity index (χ2n) is 4.40. The lowest BCUT2D eigenvalue weighted by atomic mass is 10.1. The lowest BCUT2D eigenvalue weighted by molar-refractivity contribution is 0.0652. The Morgan fingerprint density at radius 3 is 3.00 bits per heavy atom. The van der Waals surface area contributed by atoms with E-state index in [4.69, 9.17) is 16.3 Å². The van der Waals surface area contributed by atoms with Crippen LogP contribution in [0.5, 0.6) is 5.75 Å². The van der Waals surface area contributed by atoms with Crippen LogP contribution in [-0.4, -0.2) is 43.6 Å². The van der Waals surface area contributed by atoms with Crippen LogP contribution in [0.4, 0.5) is 0 Å². The third kappa shape index (κ3) is 2.60. The molecule has 1 fully saturated rings. The highest BCUT2D eigenvalue weighted by molar-refractivity contribution is 6.31. The highest BCUT2D eigenvalue weighted by atomic mass is 35.5. The molecule has 1 aromatic carbocycles. The normalized spacial score (nSPS) is 19.7. The molecule has 0 bridgehead atoms. The maximum absolute atomic E-state index is 12.5. The lowest BCUT2D eigenvalue weighted by Crippen LogP contribution is -2.52. The van der Waals surface area contributed by atoms with E-state index < -0.39 is 0 Å². The van der Waals surface area contributed by atoms with Crippen molar-refractivity contribution >= 4 is 17.5 Å². The minimum atomic E-state index is -0.0247.